The standard InChI is InChI=1S/C19H21NO2/c1-20(18-11-10-15-7-3-4-9-17(15)18)19(21)16-8-5-6-14(12-16)13-22-2/h3-9,12,18H,10-11,13H2,1-2H3. The minimum Gasteiger partial charge on any atom is -0.380 e. The zero-order valence-electron chi connectivity index (χ0n) is 13.1. The molecule has 0 spiro atoms. The van der Waals surface area contributed by atoms with E-state index in [0.29, 0.717) is 6.61 Å². The molecule has 0 fully saturated rings. The van der Waals surface area contributed by atoms with Crippen molar-refractivity contribution in [2.24, 2.45) is 0 Å². The highest BCUT2D eigenvalue weighted by Crippen LogP contribution is 2.35. The van der Waals surface area contributed by atoms with Crippen LogP contribution >= 0.6 is 0 Å². The SMILES string of the molecule is COCc1cccc(C(=O)N(C)C2CCc3ccccc32)c1. The number of rotatable bonds is 4. The van der Waals surface area contributed by atoms with Crippen LogP contribution in [-0.2, 0) is 17.8 Å². The lowest BCUT2D eigenvalue weighted by molar-refractivity contribution is 0.0730. The number of carbonyl (C=O) groups is 1. The molecule has 0 heterocycles. The van der Waals surface area contributed by atoms with E-state index >= 15 is 0 Å². The maximum Gasteiger partial charge on any atom is 0.254 e. The fraction of sp³-hybridized carbons (Fsp3) is 0.316. The zero-order chi connectivity index (χ0) is 15.5. The van der Waals surface area contributed by atoms with Crippen LogP contribution in [0.1, 0.15) is 39.5 Å². The normalized spacial score (nSPS) is 16.4. The number of aryl methyl sites for hydroxylation is 1. The Bertz CT molecular complexity index is 681. The minimum atomic E-state index is 0.0691. The van der Waals surface area contributed by atoms with Gasteiger partial charge in [-0.2, -0.15) is 0 Å². The Labute approximate surface area is 131 Å². The summed E-state index contributed by atoms with van der Waals surface area (Å²) in [4.78, 5) is 14.7. The van der Waals surface area contributed by atoms with Crippen molar-refractivity contribution < 1.29 is 9.53 Å². The van der Waals surface area contributed by atoms with Crippen molar-refractivity contribution in [3.05, 3.63) is 70.8 Å². The molecule has 2 aromatic rings. The highest BCUT2D eigenvalue weighted by molar-refractivity contribution is 5.94. The van der Waals surface area contributed by atoms with E-state index in [1.54, 1.807) is 7.11 Å². The fourth-order valence-electron chi connectivity index (χ4n) is 3.24. The van der Waals surface area contributed by atoms with Crippen molar-refractivity contribution in [2.75, 3.05) is 14.2 Å². The Balaban J connectivity index is 1.82. The first kappa shape index (κ1) is 14.8. The molecule has 114 valence electrons. The summed E-state index contributed by atoms with van der Waals surface area (Å²) in [7, 11) is 3.56. The topological polar surface area (TPSA) is 29.5 Å². The van der Waals surface area contributed by atoms with Crippen LogP contribution in [0.25, 0.3) is 0 Å². The lowest BCUT2D eigenvalue weighted by Gasteiger charge is -2.25. The molecule has 0 N–H and O–H groups in total. The first-order chi connectivity index (χ1) is 10.7. The number of carbonyl (C=O) groups excluding carboxylic acids is 1. The average molecular weight is 295 g/mol. The third-order valence-electron chi connectivity index (χ3n) is 4.37. The second-order valence-electron chi connectivity index (χ2n) is 5.80. The zero-order valence-corrected chi connectivity index (χ0v) is 13.1. The van der Waals surface area contributed by atoms with Gasteiger partial charge < -0.3 is 9.64 Å². The van der Waals surface area contributed by atoms with Crippen LogP contribution in [0.2, 0.25) is 0 Å². The summed E-state index contributed by atoms with van der Waals surface area (Å²) in [6.45, 7) is 0.525. The van der Waals surface area contributed by atoms with E-state index < -0.39 is 0 Å². The van der Waals surface area contributed by atoms with E-state index in [2.05, 4.69) is 24.3 Å². The quantitative estimate of drug-likeness (QED) is 0.862. The van der Waals surface area contributed by atoms with E-state index in [0.717, 1.165) is 24.0 Å². The van der Waals surface area contributed by atoms with Crippen molar-refractivity contribution in [1.82, 2.24) is 4.90 Å². The molecule has 0 bridgehead atoms. The molecular weight excluding hydrogens is 274 g/mol. The minimum absolute atomic E-state index is 0.0691. The first-order valence-electron chi connectivity index (χ1n) is 7.63. The average Bonchev–Trinajstić information content (AvgIpc) is 2.98. The van der Waals surface area contributed by atoms with E-state index in [1.807, 2.05) is 36.2 Å². The van der Waals surface area contributed by atoms with Gasteiger partial charge in [-0.3, -0.25) is 4.79 Å². The van der Waals surface area contributed by atoms with Gasteiger partial charge in [-0.05, 0) is 41.7 Å². The number of methoxy groups -OCH3 is 1. The van der Waals surface area contributed by atoms with Gasteiger partial charge in [-0.15, -0.1) is 0 Å². The number of hydrogen-bond acceptors (Lipinski definition) is 2. The molecule has 0 saturated carbocycles. The molecule has 3 nitrogen and oxygen atoms in total. The van der Waals surface area contributed by atoms with Gasteiger partial charge in [0.1, 0.15) is 0 Å². The van der Waals surface area contributed by atoms with E-state index in [1.165, 1.54) is 11.1 Å². The number of hydrogen-bond donors (Lipinski definition) is 0. The van der Waals surface area contributed by atoms with Crippen molar-refractivity contribution in [3.63, 3.8) is 0 Å². The van der Waals surface area contributed by atoms with E-state index in [-0.39, 0.29) is 11.9 Å². The maximum absolute atomic E-state index is 12.8. The second kappa shape index (κ2) is 6.32. The van der Waals surface area contributed by atoms with Crippen molar-refractivity contribution in [3.8, 4) is 0 Å². The largest absolute Gasteiger partial charge is 0.380 e. The van der Waals surface area contributed by atoms with Crippen LogP contribution in [0.15, 0.2) is 48.5 Å². The molecule has 1 atom stereocenters. The Kier molecular flexibility index (Phi) is 4.25. The van der Waals surface area contributed by atoms with Crippen LogP contribution < -0.4 is 0 Å². The molecule has 0 radical (unpaired) electrons. The predicted molar refractivity (Wildman–Crippen MR) is 86.8 cm³/mol. The Morgan fingerprint density at radius 2 is 2.05 bits per heavy atom. The van der Waals surface area contributed by atoms with Gasteiger partial charge in [0.2, 0.25) is 0 Å². The third-order valence-corrected chi connectivity index (χ3v) is 4.37. The summed E-state index contributed by atoms with van der Waals surface area (Å²) in [5, 5.41) is 0. The van der Waals surface area contributed by atoms with Gasteiger partial charge in [-0.25, -0.2) is 0 Å². The summed E-state index contributed by atoms with van der Waals surface area (Å²) in [6, 6.07) is 16.3. The van der Waals surface area contributed by atoms with Crippen LogP contribution in [-0.4, -0.2) is 25.0 Å². The molecule has 22 heavy (non-hydrogen) atoms. The molecule has 1 unspecified atom stereocenters. The highest BCUT2D eigenvalue weighted by atomic mass is 16.5. The number of nitrogens with zero attached hydrogens (tertiary/aromatic N) is 1. The van der Waals surface area contributed by atoms with Crippen molar-refractivity contribution >= 4 is 5.91 Å². The van der Waals surface area contributed by atoms with Gasteiger partial charge in [0, 0.05) is 19.7 Å². The number of amides is 1. The Morgan fingerprint density at radius 3 is 2.86 bits per heavy atom. The summed E-state index contributed by atoms with van der Waals surface area (Å²) in [5.41, 5.74) is 4.39. The Hall–Kier alpha value is -2.13. The van der Waals surface area contributed by atoms with Crippen LogP contribution in [0.4, 0.5) is 0 Å². The molecule has 0 aliphatic heterocycles. The molecule has 0 aromatic heterocycles. The van der Waals surface area contributed by atoms with Crippen molar-refractivity contribution in [2.45, 2.75) is 25.5 Å². The van der Waals surface area contributed by atoms with Gasteiger partial charge >= 0.3 is 0 Å². The molecule has 3 heteroatoms. The van der Waals surface area contributed by atoms with Gasteiger partial charge in [0.15, 0.2) is 0 Å². The number of benzene rings is 2. The van der Waals surface area contributed by atoms with Gasteiger partial charge in [-0.1, -0.05) is 36.4 Å². The lowest BCUT2D eigenvalue weighted by Crippen LogP contribution is -2.30. The summed E-state index contributed by atoms with van der Waals surface area (Å²) in [6.07, 6.45) is 2.04. The van der Waals surface area contributed by atoms with Gasteiger partial charge in [0.05, 0.1) is 12.6 Å². The molecule has 0 saturated heterocycles. The van der Waals surface area contributed by atoms with Gasteiger partial charge in [0.25, 0.3) is 5.91 Å². The molecule has 2 aromatic carbocycles. The fourth-order valence-corrected chi connectivity index (χ4v) is 3.24. The predicted octanol–water partition coefficient (Wildman–Crippen LogP) is 3.59. The highest BCUT2D eigenvalue weighted by Gasteiger charge is 2.28. The summed E-state index contributed by atoms with van der Waals surface area (Å²) in [5.74, 6) is 0.0691. The molecule has 1 amide bonds. The van der Waals surface area contributed by atoms with E-state index in [4.69, 9.17) is 4.74 Å². The van der Waals surface area contributed by atoms with Crippen LogP contribution in [0.5, 0.6) is 0 Å². The summed E-state index contributed by atoms with van der Waals surface area (Å²) < 4.78 is 5.14. The summed E-state index contributed by atoms with van der Waals surface area (Å²) >= 11 is 0. The molecule has 1 aliphatic carbocycles. The van der Waals surface area contributed by atoms with Crippen LogP contribution in [0, 0.1) is 0 Å². The number of fused-ring (bicyclic) bond motifs is 1. The van der Waals surface area contributed by atoms with Crippen molar-refractivity contribution in [1.29, 1.82) is 0 Å². The third kappa shape index (κ3) is 2.77. The first-order valence-corrected chi connectivity index (χ1v) is 7.63. The molecule has 3 rings (SSSR count). The van der Waals surface area contributed by atoms with Crippen LogP contribution in [0.3, 0.4) is 0 Å². The van der Waals surface area contributed by atoms with E-state index in [9.17, 15) is 4.79 Å². The number of ether oxygens (including phenoxy) is 1. The lowest BCUT2D eigenvalue weighted by atomic mass is 10.1. The maximum atomic E-state index is 12.8. The monoisotopic (exact) mass is 295 g/mol. The smallest absolute Gasteiger partial charge is 0.254 e. The molecular formula is C19H21NO2. The second-order valence-corrected chi connectivity index (χ2v) is 5.80. The molecule has 1 aliphatic rings. The Morgan fingerprint density at radius 1 is 1.23 bits per heavy atom.